The number of ether oxygens (including phenoxy) is 2. The van der Waals surface area contributed by atoms with Crippen LogP contribution in [0, 0.1) is 0 Å². The number of oxazole rings is 1. The maximum absolute atomic E-state index is 9.16. The van der Waals surface area contributed by atoms with Crippen molar-refractivity contribution in [1.82, 2.24) is 4.98 Å². The third kappa shape index (κ3) is 2.76. The first-order chi connectivity index (χ1) is 10.7. The summed E-state index contributed by atoms with van der Waals surface area (Å²) in [5.41, 5.74) is 3.31. The van der Waals surface area contributed by atoms with Gasteiger partial charge in [-0.3, -0.25) is 0 Å². The second-order valence-electron chi connectivity index (χ2n) is 4.93. The fourth-order valence-electron chi connectivity index (χ4n) is 2.36. The Balaban J connectivity index is 1.89. The van der Waals surface area contributed by atoms with Crippen molar-refractivity contribution >= 4 is 11.1 Å². The third-order valence-corrected chi connectivity index (χ3v) is 3.48. The fourth-order valence-corrected chi connectivity index (χ4v) is 2.36. The number of hydrogen-bond donors (Lipinski definition) is 1. The number of aliphatic hydroxyl groups is 1. The van der Waals surface area contributed by atoms with Gasteiger partial charge in [-0.15, -0.1) is 0 Å². The van der Waals surface area contributed by atoms with Crippen LogP contribution in [0.1, 0.15) is 17.0 Å². The zero-order chi connectivity index (χ0) is 15.5. The van der Waals surface area contributed by atoms with Gasteiger partial charge in [0.05, 0.1) is 20.8 Å². The van der Waals surface area contributed by atoms with E-state index in [-0.39, 0.29) is 6.61 Å². The summed E-state index contributed by atoms with van der Waals surface area (Å²) in [4.78, 5) is 4.46. The number of fused-ring (bicyclic) bond motifs is 1. The largest absolute Gasteiger partial charge is 0.493 e. The first kappa shape index (κ1) is 14.4. The normalized spacial score (nSPS) is 10.9. The highest BCUT2D eigenvalue weighted by Crippen LogP contribution is 2.29. The summed E-state index contributed by atoms with van der Waals surface area (Å²) in [6, 6.07) is 11.2. The predicted octanol–water partition coefficient (Wildman–Crippen LogP) is 2.93. The zero-order valence-electron chi connectivity index (χ0n) is 12.5. The van der Waals surface area contributed by atoms with Gasteiger partial charge in [0.25, 0.3) is 0 Å². The highest BCUT2D eigenvalue weighted by molar-refractivity contribution is 5.73. The van der Waals surface area contributed by atoms with E-state index >= 15 is 0 Å². The fraction of sp³-hybridized carbons (Fsp3) is 0.235. The Labute approximate surface area is 128 Å². The molecule has 0 spiro atoms. The van der Waals surface area contributed by atoms with E-state index in [1.54, 1.807) is 14.2 Å². The number of benzene rings is 2. The topological polar surface area (TPSA) is 64.7 Å². The third-order valence-electron chi connectivity index (χ3n) is 3.48. The summed E-state index contributed by atoms with van der Waals surface area (Å²) in [5, 5.41) is 9.16. The molecule has 1 N–H and O–H groups in total. The second kappa shape index (κ2) is 6.07. The van der Waals surface area contributed by atoms with Gasteiger partial charge in [-0.1, -0.05) is 12.1 Å². The van der Waals surface area contributed by atoms with Crippen LogP contribution in [0.5, 0.6) is 11.5 Å². The first-order valence-corrected chi connectivity index (χ1v) is 6.93. The van der Waals surface area contributed by atoms with Crippen LogP contribution in [0.3, 0.4) is 0 Å². The summed E-state index contributed by atoms with van der Waals surface area (Å²) >= 11 is 0. The van der Waals surface area contributed by atoms with Gasteiger partial charge in [0.1, 0.15) is 5.52 Å². The van der Waals surface area contributed by atoms with Crippen molar-refractivity contribution in [3.05, 3.63) is 53.4 Å². The van der Waals surface area contributed by atoms with Crippen LogP contribution in [0.4, 0.5) is 0 Å². The van der Waals surface area contributed by atoms with Gasteiger partial charge >= 0.3 is 0 Å². The van der Waals surface area contributed by atoms with Gasteiger partial charge < -0.3 is 19.0 Å². The molecule has 3 aromatic rings. The molecular formula is C17H17NO4. The number of rotatable bonds is 5. The van der Waals surface area contributed by atoms with Crippen molar-refractivity contribution in [2.75, 3.05) is 14.2 Å². The molecule has 1 aromatic heterocycles. The lowest BCUT2D eigenvalue weighted by atomic mass is 10.1. The molecule has 0 saturated carbocycles. The number of aromatic nitrogens is 1. The summed E-state index contributed by atoms with van der Waals surface area (Å²) in [6.45, 7) is -0.00614. The van der Waals surface area contributed by atoms with E-state index in [0.29, 0.717) is 29.4 Å². The van der Waals surface area contributed by atoms with Gasteiger partial charge in [-0.05, 0) is 35.4 Å². The molecule has 0 aliphatic heterocycles. The van der Waals surface area contributed by atoms with E-state index in [9.17, 15) is 0 Å². The molecule has 0 bridgehead atoms. The zero-order valence-corrected chi connectivity index (χ0v) is 12.5. The monoisotopic (exact) mass is 299 g/mol. The van der Waals surface area contributed by atoms with E-state index in [2.05, 4.69) is 4.98 Å². The Kier molecular flexibility index (Phi) is 3.98. The Morgan fingerprint density at radius 1 is 1.00 bits per heavy atom. The Bertz CT molecular complexity index is 794. The molecule has 5 nitrogen and oxygen atoms in total. The van der Waals surface area contributed by atoms with Crippen molar-refractivity contribution in [2.24, 2.45) is 0 Å². The lowest BCUT2D eigenvalue weighted by Gasteiger charge is -2.08. The van der Waals surface area contributed by atoms with E-state index in [1.165, 1.54) is 0 Å². The minimum Gasteiger partial charge on any atom is -0.493 e. The van der Waals surface area contributed by atoms with Gasteiger partial charge in [0.2, 0.25) is 0 Å². The van der Waals surface area contributed by atoms with E-state index in [1.807, 2.05) is 36.4 Å². The molecular weight excluding hydrogens is 282 g/mol. The Morgan fingerprint density at radius 3 is 2.50 bits per heavy atom. The van der Waals surface area contributed by atoms with Gasteiger partial charge in [0.15, 0.2) is 23.0 Å². The molecule has 0 atom stereocenters. The minimum absolute atomic E-state index is 0.00614. The SMILES string of the molecule is COc1ccc(Cc2nc3cc(CO)ccc3o2)cc1OC. The molecule has 114 valence electrons. The van der Waals surface area contributed by atoms with Crippen molar-refractivity contribution in [3.8, 4) is 11.5 Å². The van der Waals surface area contributed by atoms with Gasteiger partial charge in [-0.25, -0.2) is 4.98 Å². The maximum atomic E-state index is 9.16. The van der Waals surface area contributed by atoms with Crippen molar-refractivity contribution < 1.29 is 19.0 Å². The summed E-state index contributed by atoms with van der Waals surface area (Å²) in [6.07, 6.45) is 0.559. The van der Waals surface area contributed by atoms with Crippen molar-refractivity contribution in [1.29, 1.82) is 0 Å². The highest BCUT2D eigenvalue weighted by atomic mass is 16.5. The molecule has 1 heterocycles. The van der Waals surface area contributed by atoms with Crippen LogP contribution in [0.25, 0.3) is 11.1 Å². The Hall–Kier alpha value is -2.53. The average Bonchev–Trinajstić information content (AvgIpc) is 2.95. The molecule has 0 radical (unpaired) electrons. The van der Waals surface area contributed by atoms with Crippen LogP contribution < -0.4 is 9.47 Å². The molecule has 0 unspecified atom stereocenters. The molecule has 0 aliphatic rings. The first-order valence-electron chi connectivity index (χ1n) is 6.93. The molecule has 0 saturated heterocycles. The van der Waals surface area contributed by atoms with Crippen LogP contribution >= 0.6 is 0 Å². The highest BCUT2D eigenvalue weighted by Gasteiger charge is 2.10. The number of hydrogen-bond acceptors (Lipinski definition) is 5. The molecule has 5 heteroatoms. The average molecular weight is 299 g/mol. The number of nitrogens with zero attached hydrogens (tertiary/aromatic N) is 1. The van der Waals surface area contributed by atoms with E-state index < -0.39 is 0 Å². The van der Waals surface area contributed by atoms with Crippen LogP contribution in [-0.2, 0) is 13.0 Å². The molecule has 0 amide bonds. The summed E-state index contributed by atoms with van der Waals surface area (Å²) in [7, 11) is 3.22. The quantitative estimate of drug-likeness (QED) is 0.784. The van der Waals surface area contributed by atoms with E-state index in [0.717, 1.165) is 16.6 Å². The van der Waals surface area contributed by atoms with Gasteiger partial charge in [-0.2, -0.15) is 0 Å². The predicted molar refractivity (Wildman–Crippen MR) is 82.3 cm³/mol. The molecule has 2 aromatic carbocycles. The second-order valence-corrected chi connectivity index (χ2v) is 4.93. The lowest BCUT2D eigenvalue weighted by Crippen LogP contribution is -1.93. The molecule has 0 aliphatic carbocycles. The van der Waals surface area contributed by atoms with Crippen molar-refractivity contribution in [2.45, 2.75) is 13.0 Å². The molecule has 22 heavy (non-hydrogen) atoms. The molecule has 0 fully saturated rings. The number of methoxy groups -OCH3 is 2. The van der Waals surface area contributed by atoms with Crippen LogP contribution in [0.2, 0.25) is 0 Å². The maximum Gasteiger partial charge on any atom is 0.199 e. The molecule has 3 rings (SSSR count). The lowest BCUT2D eigenvalue weighted by molar-refractivity contribution is 0.282. The van der Waals surface area contributed by atoms with Crippen molar-refractivity contribution in [3.63, 3.8) is 0 Å². The van der Waals surface area contributed by atoms with Crippen LogP contribution in [-0.4, -0.2) is 24.3 Å². The smallest absolute Gasteiger partial charge is 0.199 e. The summed E-state index contributed by atoms with van der Waals surface area (Å²) in [5.74, 6) is 1.99. The summed E-state index contributed by atoms with van der Waals surface area (Å²) < 4.78 is 16.3. The minimum atomic E-state index is -0.00614. The van der Waals surface area contributed by atoms with E-state index in [4.69, 9.17) is 19.0 Å². The van der Waals surface area contributed by atoms with Crippen LogP contribution in [0.15, 0.2) is 40.8 Å². The Morgan fingerprint density at radius 2 is 1.77 bits per heavy atom. The number of aliphatic hydroxyl groups excluding tert-OH is 1. The van der Waals surface area contributed by atoms with Gasteiger partial charge in [0, 0.05) is 6.42 Å². The standard InChI is InChI=1S/C17H17NO4/c1-20-15-6-3-11(8-16(15)21-2)9-17-18-13-7-12(10-19)4-5-14(13)22-17/h3-8,19H,9-10H2,1-2H3.